The van der Waals surface area contributed by atoms with Crippen molar-refractivity contribution in [3.63, 3.8) is 0 Å². The van der Waals surface area contributed by atoms with E-state index in [2.05, 4.69) is 12.1 Å². The summed E-state index contributed by atoms with van der Waals surface area (Å²) in [6, 6.07) is 8.28. The van der Waals surface area contributed by atoms with Gasteiger partial charge in [0.1, 0.15) is 11.9 Å². The maximum atomic E-state index is 12.2. The van der Waals surface area contributed by atoms with Crippen LogP contribution in [0.2, 0.25) is 0 Å². The standard InChI is InChI=1S/C24H37NO4S/c1-24(2,3)29-23(26)25-15-13-18(14-16-25)17-28-21-9-5-19(6-10-21)20-7-11-22(12-8-20)30(4)27/h7-8,11-12,18-19,21H,5-6,9-10,13-17H2,1-4H3/t19-,21+,30?. The van der Waals surface area contributed by atoms with Gasteiger partial charge in [-0.3, -0.25) is 0 Å². The van der Waals surface area contributed by atoms with E-state index in [1.165, 1.54) is 5.56 Å². The zero-order valence-electron chi connectivity index (χ0n) is 18.9. The Kier molecular flexibility index (Phi) is 8.11. The SMILES string of the molecule is C[S+]([O-])c1ccc([C@H]2CC[C@@H](OCC3CCN(C(=O)OC(C)(C)C)CC3)CC2)cc1. The van der Waals surface area contributed by atoms with Gasteiger partial charge in [-0.05, 0) is 100 Å². The Morgan fingerprint density at radius 2 is 1.67 bits per heavy atom. The topological polar surface area (TPSA) is 61.8 Å². The van der Waals surface area contributed by atoms with Crippen molar-refractivity contribution in [2.24, 2.45) is 5.92 Å². The molecule has 0 aromatic heterocycles. The van der Waals surface area contributed by atoms with Crippen LogP contribution in [0.3, 0.4) is 0 Å². The van der Waals surface area contributed by atoms with Crippen molar-refractivity contribution in [2.75, 3.05) is 26.0 Å². The lowest BCUT2D eigenvalue weighted by Crippen LogP contribution is -2.42. The molecular formula is C24H37NO4S. The molecule has 3 rings (SSSR count). The molecule has 1 heterocycles. The summed E-state index contributed by atoms with van der Waals surface area (Å²) in [6.45, 7) is 8.03. The Balaban J connectivity index is 1.35. The van der Waals surface area contributed by atoms with Crippen molar-refractivity contribution in [2.45, 2.75) is 81.8 Å². The Morgan fingerprint density at radius 3 is 2.20 bits per heavy atom. The lowest BCUT2D eigenvalue weighted by Gasteiger charge is -2.34. The van der Waals surface area contributed by atoms with Gasteiger partial charge in [0.15, 0.2) is 4.90 Å². The zero-order valence-corrected chi connectivity index (χ0v) is 19.7. The highest BCUT2D eigenvalue weighted by Crippen LogP contribution is 2.35. The molecule has 2 aliphatic rings. The second-order valence-electron chi connectivity index (χ2n) is 9.74. The highest BCUT2D eigenvalue weighted by Gasteiger charge is 2.28. The van der Waals surface area contributed by atoms with Crippen LogP contribution < -0.4 is 0 Å². The first kappa shape index (κ1) is 23.4. The van der Waals surface area contributed by atoms with E-state index in [1.54, 1.807) is 6.26 Å². The van der Waals surface area contributed by atoms with Gasteiger partial charge in [0.05, 0.1) is 6.10 Å². The van der Waals surface area contributed by atoms with Gasteiger partial charge in [-0.25, -0.2) is 4.79 Å². The predicted molar refractivity (Wildman–Crippen MR) is 120 cm³/mol. The number of hydrogen-bond donors (Lipinski definition) is 0. The van der Waals surface area contributed by atoms with Gasteiger partial charge < -0.3 is 18.9 Å². The molecule has 1 saturated heterocycles. The monoisotopic (exact) mass is 435 g/mol. The number of hydrogen-bond acceptors (Lipinski definition) is 4. The van der Waals surface area contributed by atoms with Gasteiger partial charge >= 0.3 is 6.09 Å². The number of ether oxygens (including phenoxy) is 2. The molecule has 1 unspecified atom stereocenters. The molecule has 2 fully saturated rings. The summed E-state index contributed by atoms with van der Waals surface area (Å²) in [5.41, 5.74) is 0.921. The molecule has 5 nitrogen and oxygen atoms in total. The fraction of sp³-hybridized carbons (Fsp3) is 0.708. The molecule has 168 valence electrons. The maximum Gasteiger partial charge on any atom is 0.410 e. The van der Waals surface area contributed by atoms with E-state index in [4.69, 9.17) is 9.47 Å². The number of carbonyl (C=O) groups is 1. The fourth-order valence-corrected chi connectivity index (χ4v) is 4.89. The zero-order chi connectivity index (χ0) is 21.7. The molecule has 1 aliphatic carbocycles. The molecule has 0 spiro atoms. The molecule has 0 bridgehead atoms. The lowest BCUT2D eigenvalue weighted by atomic mass is 9.82. The third-order valence-corrected chi connectivity index (χ3v) is 7.13. The Labute approximate surface area is 184 Å². The van der Waals surface area contributed by atoms with Gasteiger partial charge in [-0.2, -0.15) is 0 Å². The summed E-state index contributed by atoms with van der Waals surface area (Å²) >= 11 is -0.912. The van der Waals surface area contributed by atoms with Crippen LogP contribution in [-0.2, 0) is 20.6 Å². The summed E-state index contributed by atoms with van der Waals surface area (Å²) in [7, 11) is 0. The predicted octanol–water partition coefficient (Wildman–Crippen LogP) is 5.11. The average Bonchev–Trinajstić information content (AvgIpc) is 2.72. The molecule has 1 aliphatic heterocycles. The summed E-state index contributed by atoms with van der Waals surface area (Å²) in [5, 5.41) is 0. The van der Waals surface area contributed by atoms with Crippen molar-refractivity contribution in [1.82, 2.24) is 4.90 Å². The van der Waals surface area contributed by atoms with Crippen molar-refractivity contribution >= 4 is 17.3 Å². The number of piperidine rings is 1. The van der Waals surface area contributed by atoms with E-state index in [-0.39, 0.29) is 6.09 Å². The van der Waals surface area contributed by atoms with E-state index in [9.17, 15) is 9.35 Å². The van der Waals surface area contributed by atoms with Crippen molar-refractivity contribution in [3.8, 4) is 0 Å². The van der Waals surface area contributed by atoms with Gasteiger partial charge in [0.25, 0.3) is 0 Å². The van der Waals surface area contributed by atoms with Crippen LogP contribution in [0.4, 0.5) is 4.79 Å². The highest BCUT2D eigenvalue weighted by molar-refractivity contribution is 7.90. The summed E-state index contributed by atoms with van der Waals surface area (Å²) in [4.78, 5) is 14.9. The minimum absolute atomic E-state index is 0.196. The smallest absolute Gasteiger partial charge is 0.410 e. The lowest BCUT2D eigenvalue weighted by molar-refractivity contribution is -0.0143. The first-order valence-corrected chi connectivity index (χ1v) is 12.8. The first-order chi connectivity index (χ1) is 14.2. The van der Waals surface area contributed by atoms with E-state index >= 15 is 0 Å². The van der Waals surface area contributed by atoms with E-state index < -0.39 is 16.8 Å². The summed E-state index contributed by atoms with van der Waals surface area (Å²) in [6.07, 6.45) is 8.35. The van der Waals surface area contributed by atoms with Crippen LogP contribution in [0.15, 0.2) is 29.2 Å². The molecule has 1 saturated carbocycles. The third-order valence-electron chi connectivity index (χ3n) is 6.19. The molecule has 1 amide bonds. The van der Waals surface area contributed by atoms with Crippen LogP contribution in [0.1, 0.15) is 70.8 Å². The molecule has 1 aromatic carbocycles. The highest BCUT2D eigenvalue weighted by atomic mass is 32.2. The summed E-state index contributed by atoms with van der Waals surface area (Å²) < 4.78 is 23.3. The van der Waals surface area contributed by atoms with Crippen LogP contribution in [-0.4, -0.2) is 53.2 Å². The minimum atomic E-state index is -0.912. The van der Waals surface area contributed by atoms with Crippen LogP contribution in [0, 0.1) is 5.92 Å². The number of nitrogens with zero attached hydrogens (tertiary/aromatic N) is 1. The Hall–Kier alpha value is -1.24. The van der Waals surface area contributed by atoms with E-state index in [0.717, 1.165) is 63.1 Å². The molecule has 1 aromatic rings. The van der Waals surface area contributed by atoms with E-state index in [1.807, 2.05) is 37.8 Å². The van der Waals surface area contributed by atoms with Gasteiger partial charge in [-0.15, -0.1) is 0 Å². The van der Waals surface area contributed by atoms with Crippen LogP contribution in [0.25, 0.3) is 0 Å². The second-order valence-corrected chi connectivity index (χ2v) is 11.1. The molecule has 1 atom stereocenters. The molecule has 30 heavy (non-hydrogen) atoms. The Morgan fingerprint density at radius 1 is 1.07 bits per heavy atom. The number of likely N-dealkylation sites (tertiary alicyclic amines) is 1. The average molecular weight is 436 g/mol. The first-order valence-electron chi connectivity index (χ1n) is 11.2. The summed E-state index contributed by atoms with van der Waals surface area (Å²) in [5.74, 6) is 1.12. The molecule has 6 heteroatoms. The number of rotatable bonds is 5. The molecular weight excluding hydrogens is 398 g/mol. The maximum absolute atomic E-state index is 12.2. The largest absolute Gasteiger partial charge is 0.612 e. The third kappa shape index (κ3) is 6.89. The molecule has 0 N–H and O–H groups in total. The van der Waals surface area contributed by atoms with Crippen molar-refractivity contribution in [3.05, 3.63) is 29.8 Å². The quantitative estimate of drug-likeness (QED) is 0.603. The minimum Gasteiger partial charge on any atom is -0.612 e. The van der Waals surface area contributed by atoms with Crippen molar-refractivity contribution < 1.29 is 18.8 Å². The van der Waals surface area contributed by atoms with E-state index in [0.29, 0.717) is 17.9 Å². The van der Waals surface area contributed by atoms with Gasteiger partial charge in [0.2, 0.25) is 0 Å². The van der Waals surface area contributed by atoms with Crippen LogP contribution in [0.5, 0.6) is 0 Å². The van der Waals surface area contributed by atoms with Gasteiger partial charge in [0, 0.05) is 19.7 Å². The second kappa shape index (κ2) is 10.4. The normalized spacial score (nSPS) is 24.5. The Bertz CT molecular complexity index is 669. The number of carbonyl (C=O) groups excluding carboxylic acids is 1. The van der Waals surface area contributed by atoms with Crippen molar-refractivity contribution in [1.29, 1.82) is 0 Å². The number of amides is 1. The molecule has 0 radical (unpaired) electrons. The fourth-order valence-electron chi connectivity index (χ4n) is 4.38. The number of benzene rings is 1. The van der Waals surface area contributed by atoms with Crippen LogP contribution >= 0.6 is 0 Å². The van der Waals surface area contributed by atoms with Gasteiger partial charge in [-0.1, -0.05) is 12.1 Å².